The van der Waals surface area contributed by atoms with Crippen molar-refractivity contribution in [2.75, 3.05) is 18.4 Å². The van der Waals surface area contributed by atoms with Gasteiger partial charge in [-0.15, -0.1) is 0 Å². The van der Waals surface area contributed by atoms with Crippen LogP contribution in [0.15, 0.2) is 22.7 Å². The molecule has 0 aliphatic carbocycles. The van der Waals surface area contributed by atoms with Gasteiger partial charge in [-0.3, -0.25) is 9.69 Å². The summed E-state index contributed by atoms with van der Waals surface area (Å²) in [4.78, 5) is 18.9. The number of hydrogen-bond donors (Lipinski definition) is 1. The van der Waals surface area contributed by atoms with Crippen LogP contribution in [0.3, 0.4) is 0 Å². The monoisotopic (exact) mass is 380 g/mol. The fraction of sp³-hybridized carbons (Fsp3) is 0.500. The van der Waals surface area contributed by atoms with Crippen LogP contribution in [0, 0.1) is 5.82 Å². The molecule has 1 N–H and O–H groups in total. The summed E-state index contributed by atoms with van der Waals surface area (Å²) < 4.78 is 18.7. The lowest BCUT2D eigenvalue weighted by molar-refractivity contribution is -0.118. The molecule has 1 amide bonds. The highest BCUT2D eigenvalue weighted by Gasteiger charge is 2.30. The van der Waals surface area contributed by atoms with Crippen molar-refractivity contribution in [1.29, 1.82) is 0 Å². The third kappa shape index (κ3) is 4.59. The summed E-state index contributed by atoms with van der Waals surface area (Å²) >= 11 is 5.76. The highest BCUT2D eigenvalue weighted by atomic mass is 35.5. The molecule has 1 fully saturated rings. The first kappa shape index (κ1) is 18.8. The molecule has 0 spiro atoms. The normalized spacial score (nSPS) is 18.0. The van der Waals surface area contributed by atoms with E-state index >= 15 is 0 Å². The fourth-order valence-electron chi connectivity index (χ4n) is 3.15. The van der Waals surface area contributed by atoms with Crippen LogP contribution in [0.2, 0.25) is 5.02 Å². The zero-order chi connectivity index (χ0) is 18.5. The van der Waals surface area contributed by atoms with Crippen molar-refractivity contribution in [3.05, 3.63) is 40.8 Å². The van der Waals surface area contributed by atoms with Gasteiger partial charge in [0.25, 0.3) is 0 Å². The van der Waals surface area contributed by atoms with Gasteiger partial charge < -0.3 is 9.84 Å². The lowest BCUT2D eigenvalue weighted by atomic mass is 10.0. The molecular formula is C18H22ClFN4O2. The van der Waals surface area contributed by atoms with Gasteiger partial charge in [0.15, 0.2) is 5.82 Å². The number of nitrogens with zero attached hydrogens (tertiary/aromatic N) is 3. The van der Waals surface area contributed by atoms with E-state index in [1.807, 2.05) is 4.90 Å². The van der Waals surface area contributed by atoms with E-state index in [0.717, 1.165) is 38.6 Å². The van der Waals surface area contributed by atoms with Crippen LogP contribution in [-0.2, 0) is 11.2 Å². The molecule has 0 bridgehead atoms. The topological polar surface area (TPSA) is 71.3 Å². The molecule has 1 atom stereocenters. The number of aryl methyl sites for hydroxylation is 1. The molecule has 26 heavy (non-hydrogen) atoms. The molecule has 1 saturated heterocycles. The van der Waals surface area contributed by atoms with Crippen molar-refractivity contribution < 1.29 is 13.7 Å². The number of carbonyl (C=O) groups excluding carboxylic acids is 1. The zero-order valence-corrected chi connectivity index (χ0v) is 15.4. The van der Waals surface area contributed by atoms with E-state index in [2.05, 4.69) is 22.4 Å². The molecule has 8 heteroatoms. The summed E-state index contributed by atoms with van der Waals surface area (Å²) in [6.07, 6.45) is 4.69. The Balaban J connectivity index is 1.65. The van der Waals surface area contributed by atoms with Gasteiger partial charge in [0.2, 0.25) is 11.8 Å². The standard InChI is InChI=1S/C18H22ClFN4O2/c1-2-5-16-22-18(26-23-16)15-6-3-4-9-24(15)11-17(25)21-12-7-8-14(20)13(19)10-12/h7-8,10,15H,2-6,9,11H2,1H3,(H,21,25). The number of amides is 1. The van der Waals surface area contributed by atoms with Crippen molar-refractivity contribution in [3.8, 4) is 0 Å². The summed E-state index contributed by atoms with van der Waals surface area (Å²) in [5, 5.41) is 6.75. The van der Waals surface area contributed by atoms with E-state index in [-0.39, 0.29) is 23.5 Å². The van der Waals surface area contributed by atoms with Crippen LogP contribution in [0.4, 0.5) is 10.1 Å². The zero-order valence-electron chi connectivity index (χ0n) is 14.7. The molecule has 1 aromatic heterocycles. The number of anilines is 1. The molecule has 1 aliphatic rings. The summed E-state index contributed by atoms with van der Waals surface area (Å²) in [6.45, 7) is 3.05. The minimum Gasteiger partial charge on any atom is -0.338 e. The maximum Gasteiger partial charge on any atom is 0.244 e. The molecule has 2 aromatic rings. The Morgan fingerprint density at radius 2 is 2.31 bits per heavy atom. The average Bonchev–Trinajstić information content (AvgIpc) is 3.07. The van der Waals surface area contributed by atoms with Gasteiger partial charge in [0, 0.05) is 12.1 Å². The minimum atomic E-state index is -0.514. The van der Waals surface area contributed by atoms with Gasteiger partial charge in [-0.1, -0.05) is 30.1 Å². The van der Waals surface area contributed by atoms with E-state index in [1.165, 1.54) is 18.2 Å². The highest BCUT2D eigenvalue weighted by molar-refractivity contribution is 6.31. The van der Waals surface area contributed by atoms with Crippen LogP contribution < -0.4 is 5.32 Å². The van der Waals surface area contributed by atoms with Gasteiger partial charge >= 0.3 is 0 Å². The van der Waals surface area contributed by atoms with E-state index in [9.17, 15) is 9.18 Å². The number of benzene rings is 1. The SMILES string of the molecule is CCCc1noc(C2CCCCN2CC(=O)Nc2ccc(F)c(Cl)c2)n1. The van der Waals surface area contributed by atoms with Crippen LogP contribution in [-0.4, -0.2) is 34.0 Å². The second-order valence-electron chi connectivity index (χ2n) is 6.46. The average molecular weight is 381 g/mol. The number of piperidine rings is 1. The van der Waals surface area contributed by atoms with Gasteiger partial charge in [-0.05, 0) is 44.0 Å². The smallest absolute Gasteiger partial charge is 0.244 e. The number of likely N-dealkylation sites (tertiary alicyclic amines) is 1. The first-order valence-corrected chi connectivity index (χ1v) is 9.26. The Hall–Kier alpha value is -1.99. The van der Waals surface area contributed by atoms with Crippen LogP contribution in [0.1, 0.15) is 50.4 Å². The molecule has 3 rings (SSSR count). The summed E-state index contributed by atoms with van der Waals surface area (Å²) in [7, 11) is 0. The highest BCUT2D eigenvalue weighted by Crippen LogP contribution is 2.30. The molecule has 1 unspecified atom stereocenters. The maximum absolute atomic E-state index is 13.2. The molecule has 0 saturated carbocycles. The number of carbonyl (C=O) groups is 1. The molecule has 2 heterocycles. The van der Waals surface area contributed by atoms with Crippen LogP contribution in [0.25, 0.3) is 0 Å². The second kappa shape index (κ2) is 8.60. The maximum atomic E-state index is 13.2. The van der Waals surface area contributed by atoms with Gasteiger partial charge in [-0.2, -0.15) is 4.98 Å². The third-order valence-corrected chi connectivity index (χ3v) is 4.70. The summed E-state index contributed by atoms with van der Waals surface area (Å²) in [6, 6.07) is 4.07. The Morgan fingerprint density at radius 1 is 1.46 bits per heavy atom. The first-order chi connectivity index (χ1) is 12.6. The van der Waals surface area contributed by atoms with E-state index in [4.69, 9.17) is 16.1 Å². The Bertz CT molecular complexity index is 767. The molecule has 1 aliphatic heterocycles. The molecular weight excluding hydrogens is 359 g/mol. The number of halogens is 2. The Labute approximate surface area is 156 Å². The van der Waals surface area contributed by atoms with Crippen molar-refractivity contribution in [1.82, 2.24) is 15.0 Å². The van der Waals surface area contributed by atoms with E-state index in [1.54, 1.807) is 0 Å². The third-order valence-electron chi connectivity index (χ3n) is 4.41. The number of hydrogen-bond acceptors (Lipinski definition) is 5. The second-order valence-corrected chi connectivity index (χ2v) is 6.87. The van der Waals surface area contributed by atoms with Crippen molar-refractivity contribution in [3.63, 3.8) is 0 Å². The van der Waals surface area contributed by atoms with Crippen molar-refractivity contribution in [2.24, 2.45) is 0 Å². The van der Waals surface area contributed by atoms with E-state index in [0.29, 0.717) is 17.4 Å². The Kier molecular flexibility index (Phi) is 6.21. The van der Waals surface area contributed by atoms with Crippen LogP contribution in [0.5, 0.6) is 0 Å². The number of rotatable bonds is 6. The predicted molar refractivity (Wildman–Crippen MR) is 96.5 cm³/mol. The van der Waals surface area contributed by atoms with Crippen LogP contribution >= 0.6 is 11.6 Å². The lowest BCUT2D eigenvalue weighted by Crippen LogP contribution is -2.39. The summed E-state index contributed by atoms with van der Waals surface area (Å²) in [5.74, 6) is 0.581. The molecule has 6 nitrogen and oxygen atoms in total. The molecule has 0 radical (unpaired) electrons. The predicted octanol–water partition coefficient (Wildman–Crippen LogP) is 3.98. The largest absolute Gasteiger partial charge is 0.338 e. The van der Waals surface area contributed by atoms with Crippen molar-refractivity contribution in [2.45, 2.75) is 45.1 Å². The molecule has 140 valence electrons. The van der Waals surface area contributed by atoms with Gasteiger partial charge in [0.1, 0.15) is 5.82 Å². The fourth-order valence-corrected chi connectivity index (χ4v) is 3.33. The van der Waals surface area contributed by atoms with Crippen molar-refractivity contribution >= 4 is 23.2 Å². The lowest BCUT2D eigenvalue weighted by Gasteiger charge is -2.32. The Morgan fingerprint density at radius 3 is 3.08 bits per heavy atom. The molecule has 1 aromatic carbocycles. The first-order valence-electron chi connectivity index (χ1n) is 8.88. The van der Waals surface area contributed by atoms with Gasteiger partial charge in [0.05, 0.1) is 17.6 Å². The summed E-state index contributed by atoms with van der Waals surface area (Å²) in [5.41, 5.74) is 0.470. The number of aromatic nitrogens is 2. The quantitative estimate of drug-likeness (QED) is 0.820. The number of nitrogens with one attached hydrogen (secondary N) is 1. The minimum absolute atomic E-state index is 0.0204. The van der Waals surface area contributed by atoms with Gasteiger partial charge in [-0.25, -0.2) is 4.39 Å². The van der Waals surface area contributed by atoms with E-state index < -0.39 is 5.82 Å².